The summed E-state index contributed by atoms with van der Waals surface area (Å²) >= 11 is 0. The Kier molecular flexibility index (Phi) is 5.50. The van der Waals surface area contributed by atoms with E-state index < -0.39 is 16.1 Å². The third kappa shape index (κ3) is 4.32. The zero-order valence-corrected chi connectivity index (χ0v) is 14.2. The van der Waals surface area contributed by atoms with Crippen molar-refractivity contribution in [3.63, 3.8) is 0 Å². The van der Waals surface area contributed by atoms with Gasteiger partial charge >= 0.3 is 0 Å². The molecule has 132 valence electrons. The van der Waals surface area contributed by atoms with Gasteiger partial charge in [0, 0.05) is 25.4 Å². The van der Waals surface area contributed by atoms with E-state index in [2.05, 4.69) is 10.0 Å². The number of benzene rings is 1. The summed E-state index contributed by atoms with van der Waals surface area (Å²) in [6, 6.07) is 6.10. The monoisotopic (exact) mass is 354 g/mol. The molecule has 1 aromatic rings. The van der Waals surface area contributed by atoms with Gasteiger partial charge in [-0.05, 0) is 49.9 Å². The van der Waals surface area contributed by atoms with Crippen LogP contribution in [-0.4, -0.2) is 46.3 Å². The molecule has 2 aliphatic rings. The van der Waals surface area contributed by atoms with Gasteiger partial charge in [0.05, 0.1) is 11.0 Å². The first-order valence-corrected chi connectivity index (χ1v) is 9.67. The van der Waals surface area contributed by atoms with Crippen LogP contribution in [0.5, 0.6) is 0 Å². The third-order valence-electron chi connectivity index (χ3n) is 4.18. The molecule has 24 heavy (non-hydrogen) atoms. The SMILES string of the molecule is O=C(Nc1ccc(S(=O)(=O)NC[C@H]2CCCO2)cc1)[C@H]1CCCO1. The number of sulfonamides is 1. The van der Waals surface area contributed by atoms with Crippen LogP contribution in [0.4, 0.5) is 5.69 Å². The van der Waals surface area contributed by atoms with E-state index >= 15 is 0 Å². The van der Waals surface area contributed by atoms with Crippen molar-refractivity contribution in [3.8, 4) is 0 Å². The van der Waals surface area contributed by atoms with E-state index in [4.69, 9.17) is 9.47 Å². The van der Waals surface area contributed by atoms with Gasteiger partial charge in [0.25, 0.3) is 5.91 Å². The van der Waals surface area contributed by atoms with Gasteiger partial charge in [-0.3, -0.25) is 4.79 Å². The minimum absolute atomic E-state index is 0.0512. The molecular weight excluding hydrogens is 332 g/mol. The number of ether oxygens (including phenoxy) is 2. The van der Waals surface area contributed by atoms with Gasteiger partial charge in [-0.25, -0.2) is 13.1 Å². The van der Waals surface area contributed by atoms with Gasteiger partial charge in [0.1, 0.15) is 6.10 Å². The highest BCUT2D eigenvalue weighted by molar-refractivity contribution is 7.89. The number of amides is 1. The number of rotatable bonds is 6. The summed E-state index contributed by atoms with van der Waals surface area (Å²) < 4.78 is 37.8. The van der Waals surface area contributed by atoms with Crippen molar-refractivity contribution >= 4 is 21.6 Å². The van der Waals surface area contributed by atoms with Gasteiger partial charge in [-0.1, -0.05) is 0 Å². The van der Waals surface area contributed by atoms with Gasteiger partial charge < -0.3 is 14.8 Å². The van der Waals surface area contributed by atoms with Crippen LogP contribution in [0.2, 0.25) is 0 Å². The van der Waals surface area contributed by atoms with Gasteiger partial charge in [0.2, 0.25) is 10.0 Å². The Hall–Kier alpha value is -1.48. The highest BCUT2D eigenvalue weighted by atomic mass is 32.2. The number of carbonyl (C=O) groups is 1. The van der Waals surface area contributed by atoms with Crippen LogP contribution in [-0.2, 0) is 24.3 Å². The predicted molar refractivity (Wildman–Crippen MR) is 88.2 cm³/mol. The summed E-state index contributed by atoms with van der Waals surface area (Å²) in [6.45, 7) is 1.57. The number of hydrogen-bond donors (Lipinski definition) is 2. The molecule has 0 spiro atoms. The molecule has 0 saturated carbocycles. The van der Waals surface area contributed by atoms with Gasteiger partial charge in [-0.15, -0.1) is 0 Å². The summed E-state index contributed by atoms with van der Waals surface area (Å²) in [5.41, 5.74) is 0.550. The van der Waals surface area contributed by atoms with Crippen molar-refractivity contribution in [1.29, 1.82) is 0 Å². The maximum Gasteiger partial charge on any atom is 0.253 e. The Morgan fingerprint density at radius 3 is 2.42 bits per heavy atom. The molecule has 1 aromatic carbocycles. The summed E-state index contributed by atoms with van der Waals surface area (Å²) in [7, 11) is -3.58. The highest BCUT2D eigenvalue weighted by Crippen LogP contribution is 2.18. The fourth-order valence-corrected chi connectivity index (χ4v) is 3.88. The molecule has 3 rings (SSSR count). The second-order valence-electron chi connectivity index (χ2n) is 6.00. The zero-order valence-electron chi connectivity index (χ0n) is 13.4. The van der Waals surface area contributed by atoms with Crippen LogP contribution in [0.25, 0.3) is 0 Å². The summed E-state index contributed by atoms with van der Waals surface area (Å²) in [5, 5.41) is 2.74. The number of nitrogens with one attached hydrogen (secondary N) is 2. The second-order valence-corrected chi connectivity index (χ2v) is 7.77. The summed E-state index contributed by atoms with van der Waals surface area (Å²) in [5.74, 6) is -0.195. The normalized spacial score (nSPS) is 24.2. The molecule has 0 bridgehead atoms. The van der Waals surface area contributed by atoms with Gasteiger partial charge in [-0.2, -0.15) is 0 Å². The third-order valence-corrected chi connectivity index (χ3v) is 5.62. The molecule has 2 atom stereocenters. The van der Waals surface area contributed by atoms with E-state index in [0.717, 1.165) is 19.3 Å². The molecule has 0 aromatic heterocycles. The van der Waals surface area contributed by atoms with Gasteiger partial charge in [0.15, 0.2) is 0 Å². The first-order valence-electron chi connectivity index (χ1n) is 8.18. The van der Waals surface area contributed by atoms with E-state index in [0.29, 0.717) is 25.3 Å². The van der Waals surface area contributed by atoms with Crippen molar-refractivity contribution in [2.45, 2.75) is 42.8 Å². The number of hydrogen-bond acceptors (Lipinski definition) is 5. The quantitative estimate of drug-likeness (QED) is 0.802. The molecule has 2 saturated heterocycles. The molecule has 2 aliphatic heterocycles. The topological polar surface area (TPSA) is 93.7 Å². The predicted octanol–water partition coefficient (Wildman–Crippen LogP) is 1.26. The van der Waals surface area contributed by atoms with Crippen molar-refractivity contribution < 1.29 is 22.7 Å². The molecular formula is C16H22N2O5S. The molecule has 2 fully saturated rings. The lowest BCUT2D eigenvalue weighted by molar-refractivity contribution is -0.124. The fraction of sp³-hybridized carbons (Fsp3) is 0.562. The summed E-state index contributed by atoms with van der Waals surface area (Å²) in [6.07, 6.45) is 2.96. The van der Waals surface area contributed by atoms with Crippen LogP contribution in [0.15, 0.2) is 29.2 Å². The highest BCUT2D eigenvalue weighted by Gasteiger charge is 2.24. The van der Waals surface area contributed by atoms with Crippen molar-refractivity contribution in [3.05, 3.63) is 24.3 Å². The average molecular weight is 354 g/mol. The molecule has 2 N–H and O–H groups in total. The lowest BCUT2D eigenvalue weighted by Gasteiger charge is -2.13. The maximum absolute atomic E-state index is 12.3. The molecule has 0 unspecified atom stereocenters. The smallest absolute Gasteiger partial charge is 0.253 e. The van der Waals surface area contributed by atoms with Crippen LogP contribution >= 0.6 is 0 Å². The molecule has 2 heterocycles. The van der Waals surface area contributed by atoms with Crippen molar-refractivity contribution in [2.24, 2.45) is 0 Å². The van der Waals surface area contributed by atoms with Crippen molar-refractivity contribution in [2.75, 3.05) is 25.1 Å². The van der Waals surface area contributed by atoms with Crippen molar-refractivity contribution in [1.82, 2.24) is 4.72 Å². The Morgan fingerprint density at radius 2 is 1.79 bits per heavy atom. The molecule has 1 amide bonds. The van der Waals surface area contributed by atoms with E-state index in [9.17, 15) is 13.2 Å². The van der Waals surface area contributed by atoms with Crippen LogP contribution in [0, 0.1) is 0 Å². The van der Waals surface area contributed by atoms with Crippen LogP contribution in [0.1, 0.15) is 25.7 Å². The molecule has 0 aliphatic carbocycles. The Labute approximate surface area is 141 Å². The maximum atomic E-state index is 12.3. The largest absolute Gasteiger partial charge is 0.377 e. The zero-order chi connectivity index (χ0) is 17.0. The second kappa shape index (κ2) is 7.60. The lowest BCUT2D eigenvalue weighted by atomic mass is 10.2. The Balaban J connectivity index is 1.57. The average Bonchev–Trinajstić information content (AvgIpc) is 3.27. The van der Waals surface area contributed by atoms with E-state index in [-0.39, 0.29) is 23.5 Å². The molecule has 7 nitrogen and oxygen atoms in total. The van der Waals surface area contributed by atoms with E-state index in [1.807, 2.05) is 0 Å². The first-order chi connectivity index (χ1) is 11.5. The number of anilines is 1. The number of carbonyl (C=O) groups excluding carboxylic acids is 1. The fourth-order valence-electron chi connectivity index (χ4n) is 2.82. The van der Waals surface area contributed by atoms with E-state index in [1.165, 1.54) is 12.1 Å². The van der Waals surface area contributed by atoms with Crippen LogP contribution in [0.3, 0.4) is 0 Å². The first kappa shape index (κ1) is 17.3. The summed E-state index contributed by atoms with van der Waals surface area (Å²) in [4.78, 5) is 12.1. The molecule has 0 radical (unpaired) electrons. The minimum atomic E-state index is -3.58. The minimum Gasteiger partial charge on any atom is -0.377 e. The van der Waals surface area contributed by atoms with E-state index in [1.54, 1.807) is 12.1 Å². The lowest BCUT2D eigenvalue weighted by Crippen LogP contribution is -2.31. The Morgan fingerprint density at radius 1 is 1.08 bits per heavy atom. The van der Waals surface area contributed by atoms with Crippen LogP contribution < -0.4 is 10.0 Å². The standard InChI is InChI=1S/C16H22N2O5S/c19-16(15-4-2-10-23-15)18-12-5-7-14(8-6-12)24(20,21)17-11-13-3-1-9-22-13/h5-8,13,15,17H,1-4,9-11H2,(H,18,19)/t13-,15-/m1/s1. The Bertz CT molecular complexity index is 662. The molecule has 8 heteroatoms.